The van der Waals surface area contributed by atoms with Crippen LogP contribution in [0.5, 0.6) is 5.75 Å². The summed E-state index contributed by atoms with van der Waals surface area (Å²) < 4.78 is 0. The average molecular weight is 349 g/mol. The second-order valence-corrected chi connectivity index (χ2v) is 6.24. The van der Waals surface area contributed by atoms with Gasteiger partial charge in [0.15, 0.2) is 0 Å². The highest BCUT2D eigenvalue weighted by molar-refractivity contribution is 6.06. The van der Waals surface area contributed by atoms with Gasteiger partial charge in [-0.2, -0.15) is 5.26 Å². The first-order valence-electron chi connectivity index (χ1n) is 8.53. The Morgan fingerprint density at radius 2 is 1.88 bits per heavy atom. The van der Waals surface area contributed by atoms with Gasteiger partial charge >= 0.3 is 0 Å². The Labute approximate surface area is 154 Å². The third-order valence-corrected chi connectivity index (χ3v) is 3.94. The van der Waals surface area contributed by atoms with Crippen LogP contribution in [0.4, 0.5) is 5.69 Å². The number of nitriles is 1. The van der Waals surface area contributed by atoms with E-state index in [0.717, 1.165) is 16.8 Å². The molecule has 0 aliphatic heterocycles. The number of aromatic hydroxyl groups is 1. The van der Waals surface area contributed by atoms with Crippen LogP contribution in [-0.4, -0.2) is 17.6 Å². The van der Waals surface area contributed by atoms with Gasteiger partial charge in [0.2, 0.25) is 0 Å². The minimum atomic E-state index is -0.433. The number of hydrogen-bond acceptors (Lipinski definition) is 4. The molecule has 5 nitrogen and oxygen atoms in total. The maximum absolute atomic E-state index is 12.4. The molecule has 3 N–H and O–H groups in total. The highest BCUT2D eigenvalue weighted by Crippen LogP contribution is 2.23. The number of benzene rings is 2. The summed E-state index contributed by atoms with van der Waals surface area (Å²) in [4.78, 5) is 12.4. The molecule has 5 heteroatoms. The Bertz CT molecular complexity index is 818. The minimum Gasteiger partial charge on any atom is -0.508 e. The number of rotatable bonds is 7. The van der Waals surface area contributed by atoms with Crippen LogP contribution in [-0.2, 0) is 11.2 Å². The van der Waals surface area contributed by atoms with Crippen molar-refractivity contribution in [2.75, 3.05) is 11.9 Å². The topological polar surface area (TPSA) is 85.2 Å². The highest BCUT2D eigenvalue weighted by atomic mass is 16.3. The number of carbonyl (C=O) groups excluding carboxylic acids is 1. The summed E-state index contributed by atoms with van der Waals surface area (Å²) in [6.45, 7) is 4.68. The van der Waals surface area contributed by atoms with E-state index in [1.165, 1.54) is 6.20 Å². The first kappa shape index (κ1) is 19.1. The Kier molecular flexibility index (Phi) is 6.81. The standard InChI is InChI=1S/C21H23N3O2/c1-15(2)19-5-3-4-6-20(19)24-21(26)17(13-22)14-23-12-11-16-7-9-18(25)10-8-16/h3-10,14-15,23,25H,11-12H2,1-2H3,(H,24,26)/b17-14-. The zero-order chi connectivity index (χ0) is 18.9. The van der Waals surface area contributed by atoms with Gasteiger partial charge in [0.1, 0.15) is 17.4 Å². The molecule has 0 spiro atoms. The lowest BCUT2D eigenvalue weighted by Gasteiger charge is -2.13. The first-order valence-corrected chi connectivity index (χ1v) is 8.53. The molecule has 0 aliphatic carbocycles. The number of hydrogen-bond donors (Lipinski definition) is 3. The number of phenolic OH excluding ortho intramolecular Hbond substituents is 1. The van der Waals surface area contributed by atoms with E-state index in [4.69, 9.17) is 0 Å². The predicted octanol–water partition coefficient (Wildman–Crippen LogP) is 3.69. The lowest BCUT2D eigenvalue weighted by Crippen LogP contribution is -2.18. The third kappa shape index (κ3) is 5.38. The lowest BCUT2D eigenvalue weighted by molar-refractivity contribution is -0.112. The van der Waals surface area contributed by atoms with Crippen LogP contribution < -0.4 is 10.6 Å². The molecule has 0 bridgehead atoms. The number of para-hydroxylation sites is 1. The molecule has 2 rings (SSSR count). The van der Waals surface area contributed by atoms with E-state index in [9.17, 15) is 15.2 Å². The summed E-state index contributed by atoms with van der Waals surface area (Å²) in [5.41, 5.74) is 2.82. The van der Waals surface area contributed by atoms with Crippen LogP contribution >= 0.6 is 0 Å². The van der Waals surface area contributed by atoms with Gasteiger partial charge in [-0.25, -0.2) is 0 Å². The maximum Gasteiger partial charge on any atom is 0.267 e. The van der Waals surface area contributed by atoms with E-state index in [1.807, 2.05) is 42.5 Å². The fraction of sp³-hybridized carbons (Fsp3) is 0.238. The molecule has 1 amide bonds. The van der Waals surface area contributed by atoms with Crippen LogP contribution in [0.15, 0.2) is 60.3 Å². The van der Waals surface area contributed by atoms with Gasteiger partial charge in [-0.3, -0.25) is 4.79 Å². The van der Waals surface area contributed by atoms with E-state index >= 15 is 0 Å². The number of amides is 1. The molecular weight excluding hydrogens is 326 g/mol. The summed E-state index contributed by atoms with van der Waals surface area (Å²) in [5.74, 6) is 0.0638. The minimum absolute atomic E-state index is 0.0225. The SMILES string of the molecule is CC(C)c1ccccc1NC(=O)/C(C#N)=C\NCCc1ccc(O)cc1. The van der Waals surface area contributed by atoms with Crippen molar-refractivity contribution >= 4 is 11.6 Å². The zero-order valence-corrected chi connectivity index (χ0v) is 15.0. The summed E-state index contributed by atoms with van der Waals surface area (Å²) in [5, 5.41) is 24.3. The van der Waals surface area contributed by atoms with Crippen molar-refractivity contribution in [1.29, 1.82) is 5.26 Å². The maximum atomic E-state index is 12.4. The van der Waals surface area contributed by atoms with Gasteiger partial charge < -0.3 is 15.7 Å². The van der Waals surface area contributed by atoms with Gasteiger partial charge in [0.25, 0.3) is 5.91 Å². The van der Waals surface area contributed by atoms with Crippen molar-refractivity contribution < 1.29 is 9.90 Å². The van der Waals surface area contributed by atoms with Crippen molar-refractivity contribution in [2.45, 2.75) is 26.2 Å². The van der Waals surface area contributed by atoms with Gasteiger partial charge in [-0.05, 0) is 41.7 Å². The summed E-state index contributed by atoms with van der Waals surface area (Å²) in [6, 6.07) is 16.4. The Morgan fingerprint density at radius 1 is 1.19 bits per heavy atom. The van der Waals surface area contributed by atoms with Crippen LogP contribution in [0.25, 0.3) is 0 Å². The van der Waals surface area contributed by atoms with Crippen molar-refractivity contribution in [3.05, 3.63) is 71.4 Å². The molecule has 0 aromatic heterocycles. The van der Waals surface area contributed by atoms with E-state index in [0.29, 0.717) is 13.0 Å². The van der Waals surface area contributed by atoms with Crippen LogP contribution in [0.3, 0.4) is 0 Å². The van der Waals surface area contributed by atoms with Gasteiger partial charge in [0, 0.05) is 18.4 Å². The molecule has 0 atom stereocenters. The molecule has 0 saturated carbocycles. The molecule has 0 radical (unpaired) electrons. The average Bonchev–Trinajstić information content (AvgIpc) is 2.63. The van der Waals surface area contributed by atoms with Crippen LogP contribution in [0, 0.1) is 11.3 Å². The normalized spacial score (nSPS) is 11.1. The quantitative estimate of drug-likeness (QED) is 0.404. The number of anilines is 1. The van der Waals surface area contributed by atoms with Crippen molar-refractivity contribution in [3.8, 4) is 11.8 Å². The van der Waals surface area contributed by atoms with Gasteiger partial charge in [0.05, 0.1) is 0 Å². The molecule has 0 aliphatic rings. The van der Waals surface area contributed by atoms with Gasteiger partial charge in [-0.1, -0.05) is 44.2 Å². The Morgan fingerprint density at radius 3 is 2.54 bits per heavy atom. The van der Waals surface area contributed by atoms with E-state index < -0.39 is 5.91 Å². The molecule has 0 unspecified atom stereocenters. The molecule has 0 saturated heterocycles. The van der Waals surface area contributed by atoms with Gasteiger partial charge in [-0.15, -0.1) is 0 Å². The monoisotopic (exact) mass is 349 g/mol. The molecular formula is C21H23N3O2. The molecule has 0 fully saturated rings. The molecule has 134 valence electrons. The second-order valence-electron chi connectivity index (χ2n) is 6.24. The number of carbonyl (C=O) groups is 1. The summed E-state index contributed by atoms with van der Waals surface area (Å²) in [6.07, 6.45) is 2.15. The molecule has 2 aromatic rings. The third-order valence-electron chi connectivity index (χ3n) is 3.94. The number of nitrogens with one attached hydrogen (secondary N) is 2. The molecule has 0 heterocycles. The smallest absolute Gasteiger partial charge is 0.267 e. The molecule has 26 heavy (non-hydrogen) atoms. The fourth-order valence-electron chi connectivity index (χ4n) is 2.51. The Balaban J connectivity index is 1.95. The Hall–Kier alpha value is -3.26. The van der Waals surface area contributed by atoms with Crippen LogP contribution in [0.2, 0.25) is 0 Å². The van der Waals surface area contributed by atoms with Crippen molar-refractivity contribution in [2.24, 2.45) is 0 Å². The van der Waals surface area contributed by atoms with Crippen molar-refractivity contribution in [1.82, 2.24) is 5.32 Å². The number of phenols is 1. The molecule has 2 aromatic carbocycles. The fourth-order valence-corrected chi connectivity index (χ4v) is 2.51. The second kappa shape index (κ2) is 9.28. The lowest BCUT2D eigenvalue weighted by atomic mass is 10.0. The van der Waals surface area contributed by atoms with E-state index in [2.05, 4.69) is 24.5 Å². The zero-order valence-electron chi connectivity index (χ0n) is 15.0. The van der Waals surface area contributed by atoms with E-state index in [-0.39, 0.29) is 17.2 Å². The summed E-state index contributed by atoms with van der Waals surface area (Å²) in [7, 11) is 0. The van der Waals surface area contributed by atoms with Crippen molar-refractivity contribution in [3.63, 3.8) is 0 Å². The number of nitrogens with zero attached hydrogens (tertiary/aromatic N) is 1. The first-order chi connectivity index (χ1) is 12.5. The van der Waals surface area contributed by atoms with E-state index in [1.54, 1.807) is 12.1 Å². The highest BCUT2D eigenvalue weighted by Gasteiger charge is 2.12. The van der Waals surface area contributed by atoms with Crippen LogP contribution in [0.1, 0.15) is 30.9 Å². The predicted molar refractivity (Wildman–Crippen MR) is 103 cm³/mol. The summed E-state index contributed by atoms with van der Waals surface area (Å²) >= 11 is 0. The largest absolute Gasteiger partial charge is 0.508 e.